The first-order valence-corrected chi connectivity index (χ1v) is 11.5. The van der Waals surface area contributed by atoms with Gasteiger partial charge in [-0.1, -0.05) is 30.3 Å². The second-order valence-corrected chi connectivity index (χ2v) is 8.21. The lowest BCUT2D eigenvalue weighted by atomic mass is 10.1. The van der Waals surface area contributed by atoms with E-state index < -0.39 is 36.1 Å². The van der Waals surface area contributed by atoms with Gasteiger partial charge in [0.1, 0.15) is 0 Å². The Kier molecular flexibility index (Phi) is 9.26. The number of hydrogen-bond acceptors (Lipinski definition) is 6. The molecule has 0 bridgehead atoms. The third-order valence-electron chi connectivity index (χ3n) is 5.36. The fourth-order valence-corrected chi connectivity index (χ4v) is 3.45. The van der Waals surface area contributed by atoms with Crippen molar-refractivity contribution in [2.75, 3.05) is 24.4 Å². The number of halogens is 3. The van der Waals surface area contributed by atoms with Crippen LogP contribution in [0.3, 0.4) is 0 Å². The van der Waals surface area contributed by atoms with Crippen molar-refractivity contribution in [2.45, 2.75) is 20.0 Å². The van der Waals surface area contributed by atoms with E-state index >= 15 is 0 Å². The number of nitrogens with zero attached hydrogens (tertiary/aromatic N) is 1. The minimum atomic E-state index is -4.63. The Morgan fingerprint density at radius 3 is 2.26 bits per heavy atom. The smallest absolute Gasteiger partial charge is 0.418 e. The summed E-state index contributed by atoms with van der Waals surface area (Å²) in [6.07, 6.45) is -3.37. The van der Waals surface area contributed by atoms with E-state index in [-0.39, 0.29) is 17.2 Å². The van der Waals surface area contributed by atoms with Gasteiger partial charge in [0.2, 0.25) is 0 Å². The number of benzene rings is 3. The number of carbonyl (C=O) groups excluding carboxylic acids is 3. The van der Waals surface area contributed by atoms with Crippen LogP contribution in [0.15, 0.2) is 65.8 Å². The van der Waals surface area contributed by atoms with E-state index in [9.17, 15) is 27.6 Å². The lowest BCUT2D eigenvalue weighted by Crippen LogP contribution is -2.32. The number of para-hydroxylation sites is 2. The van der Waals surface area contributed by atoms with E-state index in [0.29, 0.717) is 11.3 Å². The number of aryl methyl sites for hydroxylation is 2. The highest BCUT2D eigenvalue weighted by molar-refractivity contribution is 6.39. The van der Waals surface area contributed by atoms with Gasteiger partial charge in [-0.2, -0.15) is 18.3 Å². The number of carbonyl (C=O) groups is 3. The predicted molar refractivity (Wildman–Crippen MR) is 139 cm³/mol. The van der Waals surface area contributed by atoms with Gasteiger partial charge in [0.25, 0.3) is 5.91 Å². The van der Waals surface area contributed by atoms with Crippen LogP contribution in [0.4, 0.5) is 24.5 Å². The average molecular weight is 543 g/mol. The maximum absolute atomic E-state index is 13.1. The SMILES string of the molecule is COc1cc(/C=N\NC(=O)C(=O)Nc2c(C)cccc2C)ccc1OCC(=O)Nc1ccccc1C(F)(F)F. The summed E-state index contributed by atoms with van der Waals surface area (Å²) in [5, 5.41) is 8.50. The van der Waals surface area contributed by atoms with Crippen molar-refractivity contribution >= 4 is 35.3 Å². The summed E-state index contributed by atoms with van der Waals surface area (Å²) in [6.45, 7) is 3.03. The Labute approximate surface area is 222 Å². The molecule has 3 rings (SSSR count). The largest absolute Gasteiger partial charge is 0.493 e. The van der Waals surface area contributed by atoms with Crippen molar-refractivity contribution in [1.82, 2.24) is 5.43 Å². The first kappa shape index (κ1) is 28.7. The Morgan fingerprint density at radius 2 is 1.59 bits per heavy atom. The van der Waals surface area contributed by atoms with Crippen LogP contribution in [-0.4, -0.2) is 37.7 Å². The summed E-state index contributed by atoms with van der Waals surface area (Å²) in [5.41, 5.74) is 3.37. The summed E-state index contributed by atoms with van der Waals surface area (Å²) < 4.78 is 50.0. The fourth-order valence-electron chi connectivity index (χ4n) is 3.45. The van der Waals surface area contributed by atoms with E-state index in [1.165, 1.54) is 43.7 Å². The van der Waals surface area contributed by atoms with Crippen LogP contribution in [0.25, 0.3) is 0 Å². The Morgan fingerprint density at radius 1 is 0.897 bits per heavy atom. The molecule has 0 unspecified atom stereocenters. The molecule has 0 heterocycles. The minimum Gasteiger partial charge on any atom is -0.493 e. The molecule has 39 heavy (non-hydrogen) atoms. The highest BCUT2D eigenvalue weighted by Crippen LogP contribution is 2.34. The van der Waals surface area contributed by atoms with Crippen molar-refractivity contribution in [3.63, 3.8) is 0 Å². The van der Waals surface area contributed by atoms with Crippen LogP contribution in [0.2, 0.25) is 0 Å². The quantitative estimate of drug-likeness (QED) is 0.221. The number of rotatable bonds is 8. The lowest BCUT2D eigenvalue weighted by Gasteiger charge is -2.14. The zero-order chi connectivity index (χ0) is 28.6. The van der Waals surface area contributed by atoms with E-state index in [4.69, 9.17) is 9.47 Å². The predicted octanol–water partition coefficient (Wildman–Crippen LogP) is 4.44. The van der Waals surface area contributed by atoms with Gasteiger partial charge in [-0.05, 0) is 60.9 Å². The van der Waals surface area contributed by atoms with Crippen LogP contribution >= 0.6 is 0 Å². The van der Waals surface area contributed by atoms with Crippen molar-refractivity contribution < 1.29 is 37.0 Å². The number of ether oxygens (including phenoxy) is 2. The number of amides is 3. The first-order valence-electron chi connectivity index (χ1n) is 11.5. The van der Waals surface area contributed by atoms with E-state index in [0.717, 1.165) is 23.3 Å². The van der Waals surface area contributed by atoms with Crippen LogP contribution in [0.5, 0.6) is 11.5 Å². The molecule has 0 saturated carbocycles. The molecule has 3 aromatic carbocycles. The van der Waals surface area contributed by atoms with Gasteiger partial charge in [0, 0.05) is 5.69 Å². The molecule has 0 aliphatic carbocycles. The molecule has 0 saturated heterocycles. The molecular weight excluding hydrogens is 517 g/mol. The van der Waals surface area contributed by atoms with Crippen LogP contribution in [0, 0.1) is 13.8 Å². The van der Waals surface area contributed by atoms with E-state index in [2.05, 4.69) is 21.2 Å². The molecule has 204 valence electrons. The van der Waals surface area contributed by atoms with Crippen LogP contribution in [-0.2, 0) is 20.6 Å². The van der Waals surface area contributed by atoms with Crippen molar-refractivity contribution in [1.29, 1.82) is 0 Å². The molecule has 3 amide bonds. The molecule has 3 N–H and O–H groups in total. The number of nitrogens with one attached hydrogen (secondary N) is 3. The third-order valence-corrected chi connectivity index (χ3v) is 5.36. The van der Waals surface area contributed by atoms with Crippen LogP contribution < -0.4 is 25.5 Å². The zero-order valence-electron chi connectivity index (χ0n) is 21.2. The second kappa shape index (κ2) is 12.6. The highest BCUT2D eigenvalue weighted by atomic mass is 19.4. The number of alkyl halides is 3. The van der Waals surface area contributed by atoms with Gasteiger partial charge in [-0.25, -0.2) is 5.43 Å². The van der Waals surface area contributed by atoms with Gasteiger partial charge < -0.3 is 20.1 Å². The average Bonchev–Trinajstić information content (AvgIpc) is 2.89. The number of hydrazone groups is 1. The van der Waals surface area contributed by atoms with Gasteiger partial charge in [-0.3, -0.25) is 14.4 Å². The summed E-state index contributed by atoms with van der Waals surface area (Å²) in [4.78, 5) is 36.5. The van der Waals surface area contributed by atoms with Gasteiger partial charge in [0.15, 0.2) is 18.1 Å². The van der Waals surface area contributed by atoms with Crippen molar-refractivity contribution in [2.24, 2.45) is 5.10 Å². The molecule has 0 aliphatic heterocycles. The normalized spacial score (nSPS) is 11.1. The maximum atomic E-state index is 13.1. The van der Waals surface area contributed by atoms with Gasteiger partial charge in [-0.15, -0.1) is 0 Å². The third kappa shape index (κ3) is 7.81. The standard InChI is InChI=1S/C27H25F3N4O5/c1-16-7-6-8-17(2)24(16)33-25(36)26(37)34-31-14-18-11-12-21(22(13-18)38-3)39-15-23(35)32-20-10-5-4-9-19(20)27(28,29)30/h4-14H,15H2,1-3H3,(H,32,35)(H,33,36)(H,34,37)/b31-14-. The zero-order valence-corrected chi connectivity index (χ0v) is 21.2. The number of methoxy groups -OCH3 is 1. The Hall–Kier alpha value is -4.87. The Balaban J connectivity index is 1.57. The Bertz CT molecular complexity index is 1390. The minimum absolute atomic E-state index is 0.144. The topological polar surface area (TPSA) is 118 Å². The molecule has 12 heteroatoms. The van der Waals surface area contributed by atoms with E-state index in [1.54, 1.807) is 26.0 Å². The summed E-state index contributed by atoms with van der Waals surface area (Å²) in [6, 6.07) is 14.5. The fraction of sp³-hybridized carbons (Fsp3) is 0.185. The summed E-state index contributed by atoms with van der Waals surface area (Å²) in [5.74, 6) is -2.32. The maximum Gasteiger partial charge on any atom is 0.418 e. The molecule has 0 spiro atoms. The number of anilines is 2. The van der Waals surface area contributed by atoms with Gasteiger partial charge in [0.05, 0.1) is 24.6 Å². The molecule has 0 aromatic heterocycles. The van der Waals surface area contributed by atoms with Gasteiger partial charge >= 0.3 is 18.0 Å². The number of hydrogen-bond donors (Lipinski definition) is 3. The molecule has 0 radical (unpaired) electrons. The van der Waals surface area contributed by atoms with Crippen molar-refractivity contribution in [3.05, 3.63) is 82.9 Å². The monoisotopic (exact) mass is 542 g/mol. The lowest BCUT2D eigenvalue weighted by molar-refractivity contribution is -0.137. The second-order valence-electron chi connectivity index (χ2n) is 8.21. The molecule has 0 aliphatic rings. The highest BCUT2D eigenvalue weighted by Gasteiger charge is 2.33. The molecule has 3 aromatic rings. The molecule has 0 atom stereocenters. The summed E-state index contributed by atoms with van der Waals surface area (Å²) in [7, 11) is 1.35. The van der Waals surface area contributed by atoms with Crippen molar-refractivity contribution in [3.8, 4) is 11.5 Å². The van der Waals surface area contributed by atoms with Crippen LogP contribution in [0.1, 0.15) is 22.3 Å². The van der Waals surface area contributed by atoms with E-state index in [1.807, 2.05) is 6.07 Å². The molecular formula is C27H25F3N4O5. The summed E-state index contributed by atoms with van der Waals surface area (Å²) >= 11 is 0. The molecule has 0 fully saturated rings. The molecule has 9 nitrogen and oxygen atoms in total. The first-order chi connectivity index (χ1) is 18.5.